The fraction of sp³-hybridized carbons (Fsp3) is 0.100. The van der Waals surface area contributed by atoms with E-state index in [1.54, 1.807) is 0 Å². The van der Waals surface area contributed by atoms with Gasteiger partial charge in [-0.3, -0.25) is 0 Å². The molecule has 3 rings (SSSR count). The zero-order valence-electron chi connectivity index (χ0n) is 13.8. The summed E-state index contributed by atoms with van der Waals surface area (Å²) < 4.78 is 0. The first-order valence-electron chi connectivity index (χ1n) is 7.77. The van der Waals surface area contributed by atoms with Crippen molar-refractivity contribution >= 4 is 22.7 Å². The Balaban J connectivity index is 1.72. The average Bonchev–Trinajstić information content (AvgIpc) is 2.61. The van der Waals surface area contributed by atoms with Crippen LogP contribution in [0, 0.1) is 0 Å². The van der Waals surface area contributed by atoms with Gasteiger partial charge >= 0.3 is 0 Å². The fourth-order valence-corrected chi connectivity index (χ4v) is 2.33. The van der Waals surface area contributed by atoms with E-state index in [2.05, 4.69) is 15.1 Å². The average molecular weight is 316 g/mol. The molecule has 0 atom stereocenters. The number of anilines is 2. The van der Waals surface area contributed by atoms with E-state index in [0.29, 0.717) is 0 Å². The lowest BCUT2D eigenvalue weighted by Crippen LogP contribution is -2.07. The molecular formula is C20H20N4. The third-order valence-corrected chi connectivity index (χ3v) is 3.76. The Morgan fingerprint density at radius 2 is 1.04 bits per heavy atom. The van der Waals surface area contributed by atoms with Crippen LogP contribution >= 0.6 is 0 Å². The number of nitrogen functional groups attached to an aromatic ring is 1. The number of hydrogen-bond acceptors (Lipinski definition) is 4. The van der Waals surface area contributed by atoms with E-state index in [1.807, 2.05) is 86.9 Å². The smallest absolute Gasteiger partial charge is 0.0858 e. The molecule has 4 nitrogen and oxygen atoms in total. The molecule has 0 spiro atoms. The molecule has 0 radical (unpaired) electrons. The molecule has 0 amide bonds. The lowest BCUT2D eigenvalue weighted by Gasteiger charge is -2.11. The molecule has 2 N–H and O–H groups in total. The van der Waals surface area contributed by atoms with Crippen LogP contribution in [-0.2, 0) is 0 Å². The van der Waals surface area contributed by atoms with Crippen molar-refractivity contribution in [2.24, 2.45) is 10.2 Å². The molecule has 24 heavy (non-hydrogen) atoms. The summed E-state index contributed by atoms with van der Waals surface area (Å²) in [5, 5.41) is 8.57. The Labute approximate surface area is 142 Å². The zero-order chi connectivity index (χ0) is 16.9. The highest BCUT2D eigenvalue weighted by atomic mass is 15.1. The Kier molecular flexibility index (Phi) is 4.57. The summed E-state index contributed by atoms with van der Waals surface area (Å²) in [5.41, 5.74) is 11.5. The van der Waals surface area contributed by atoms with Gasteiger partial charge in [-0.2, -0.15) is 10.2 Å². The third kappa shape index (κ3) is 3.79. The summed E-state index contributed by atoms with van der Waals surface area (Å²) in [4.78, 5) is 2.05. The number of azo groups is 1. The van der Waals surface area contributed by atoms with E-state index in [-0.39, 0.29) is 0 Å². The van der Waals surface area contributed by atoms with Crippen LogP contribution < -0.4 is 10.6 Å². The monoisotopic (exact) mass is 316 g/mol. The highest BCUT2D eigenvalue weighted by Gasteiger charge is 1.98. The van der Waals surface area contributed by atoms with Gasteiger partial charge in [-0.05, 0) is 59.7 Å². The summed E-state index contributed by atoms with van der Waals surface area (Å²) in [6, 6.07) is 23.8. The van der Waals surface area contributed by atoms with Gasteiger partial charge in [0.1, 0.15) is 0 Å². The molecule has 4 heteroatoms. The minimum Gasteiger partial charge on any atom is -0.399 e. The summed E-state index contributed by atoms with van der Waals surface area (Å²) in [6.07, 6.45) is 0. The van der Waals surface area contributed by atoms with Crippen molar-refractivity contribution in [3.05, 3.63) is 72.8 Å². The molecule has 0 saturated carbocycles. The van der Waals surface area contributed by atoms with Gasteiger partial charge in [0.25, 0.3) is 0 Å². The summed E-state index contributed by atoms with van der Waals surface area (Å²) >= 11 is 0. The van der Waals surface area contributed by atoms with Crippen LogP contribution in [0.4, 0.5) is 22.7 Å². The maximum atomic E-state index is 5.72. The second-order valence-electron chi connectivity index (χ2n) is 5.78. The van der Waals surface area contributed by atoms with Gasteiger partial charge in [0, 0.05) is 25.5 Å². The fourth-order valence-electron chi connectivity index (χ4n) is 2.33. The topological polar surface area (TPSA) is 54.0 Å². The minimum absolute atomic E-state index is 0.768. The zero-order valence-corrected chi connectivity index (χ0v) is 13.8. The Morgan fingerprint density at radius 3 is 1.50 bits per heavy atom. The molecule has 0 aliphatic heterocycles. The lowest BCUT2D eigenvalue weighted by atomic mass is 10.1. The van der Waals surface area contributed by atoms with E-state index >= 15 is 0 Å². The van der Waals surface area contributed by atoms with Gasteiger partial charge in [-0.15, -0.1) is 0 Å². The van der Waals surface area contributed by atoms with Gasteiger partial charge in [0.15, 0.2) is 0 Å². The summed E-state index contributed by atoms with van der Waals surface area (Å²) in [5.74, 6) is 0. The Morgan fingerprint density at radius 1 is 0.625 bits per heavy atom. The Hall–Kier alpha value is -3.14. The van der Waals surface area contributed by atoms with E-state index in [9.17, 15) is 0 Å². The van der Waals surface area contributed by atoms with Gasteiger partial charge < -0.3 is 10.6 Å². The largest absolute Gasteiger partial charge is 0.399 e. The first-order valence-corrected chi connectivity index (χ1v) is 7.77. The molecule has 0 bridgehead atoms. The maximum absolute atomic E-state index is 5.72. The number of benzene rings is 3. The quantitative estimate of drug-likeness (QED) is 0.516. The molecular weight excluding hydrogens is 296 g/mol. The molecule has 3 aromatic carbocycles. The molecule has 0 unspecified atom stereocenters. The van der Waals surface area contributed by atoms with Crippen molar-refractivity contribution < 1.29 is 0 Å². The standard InChI is InChI=1S/C20H20N4/c1-24(2)20-13-11-19(12-14-20)23-22-18-9-5-16(6-10-18)15-3-7-17(21)8-4-15/h3-14H,21H2,1-2H3. The normalized spacial score (nSPS) is 10.9. The third-order valence-electron chi connectivity index (χ3n) is 3.76. The molecule has 120 valence electrons. The van der Waals surface area contributed by atoms with Crippen LogP contribution in [0.15, 0.2) is 83.0 Å². The molecule has 0 heterocycles. The number of rotatable bonds is 4. The van der Waals surface area contributed by atoms with E-state index in [4.69, 9.17) is 5.73 Å². The SMILES string of the molecule is CN(C)c1ccc(N=Nc2ccc(-c3ccc(N)cc3)cc2)cc1. The Bertz CT molecular complexity index is 817. The van der Waals surface area contributed by atoms with Gasteiger partial charge in [-0.1, -0.05) is 24.3 Å². The predicted molar refractivity (Wildman–Crippen MR) is 101 cm³/mol. The number of nitrogens with two attached hydrogens (primary N) is 1. The second-order valence-corrected chi connectivity index (χ2v) is 5.78. The first kappa shape index (κ1) is 15.7. The molecule has 0 fully saturated rings. The summed E-state index contributed by atoms with van der Waals surface area (Å²) in [7, 11) is 4.03. The van der Waals surface area contributed by atoms with Crippen LogP contribution in [-0.4, -0.2) is 14.1 Å². The highest BCUT2D eigenvalue weighted by Crippen LogP contribution is 2.25. The van der Waals surface area contributed by atoms with Gasteiger partial charge in [0.2, 0.25) is 0 Å². The van der Waals surface area contributed by atoms with Crippen molar-refractivity contribution in [3.8, 4) is 11.1 Å². The van der Waals surface area contributed by atoms with Crippen molar-refractivity contribution in [3.63, 3.8) is 0 Å². The van der Waals surface area contributed by atoms with Gasteiger partial charge in [-0.25, -0.2) is 0 Å². The molecule has 0 aliphatic rings. The number of nitrogens with zero attached hydrogens (tertiary/aromatic N) is 3. The molecule has 0 aromatic heterocycles. The number of hydrogen-bond donors (Lipinski definition) is 1. The van der Waals surface area contributed by atoms with E-state index < -0.39 is 0 Å². The lowest BCUT2D eigenvalue weighted by molar-refractivity contribution is 1.13. The molecule has 3 aromatic rings. The minimum atomic E-state index is 0.768. The van der Waals surface area contributed by atoms with Crippen molar-refractivity contribution in [2.45, 2.75) is 0 Å². The van der Waals surface area contributed by atoms with E-state index in [1.165, 1.54) is 0 Å². The van der Waals surface area contributed by atoms with Crippen LogP contribution in [0.3, 0.4) is 0 Å². The van der Waals surface area contributed by atoms with Crippen LogP contribution in [0.2, 0.25) is 0 Å². The van der Waals surface area contributed by atoms with E-state index in [0.717, 1.165) is 33.9 Å². The van der Waals surface area contributed by atoms with Crippen LogP contribution in [0.25, 0.3) is 11.1 Å². The van der Waals surface area contributed by atoms with Crippen molar-refractivity contribution in [2.75, 3.05) is 24.7 Å². The molecule has 0 saturated heterocycles. The van der Waals surface area contributed by atoms with Crippen molar-refractivity contribution in [1.29, 1.82) is 0 Å². The maximum Gasteiger partial charge on any atom is 0.0858 e. The van der Waals surface area contributed by atoms with Crippen LogP contribution in [0.1, 0.15) is 0 Å². The first-order chi connectivity index (χ1) is 11.6. The van der Waals surface area contributed by atoms with Crippen molar-refractivity contribution in [1.82, 2.24) is 0 Å². The predicted octanol–water partition coefficient (Wildman–Crippen LogP) is 5.42. The summed E-state index contributed by atoms with van der Waals surface area (Å²) in [6.45, 7) is 0. The van der Waals surface area contributed by atoms with Gasteiger partial charge in [0.05, 0.1) is 11.4 Å². The van der Waals surface area contributed by atoms with Crippen LogP contribution in [0.5, 0.6) is 0 Å². The second kappa shape index (κ2) is 6.96. The molecule has 0 aliphatic carbocycles. The highest BCUT2D eigenvalue weighted by molar-refractivity contribution is 5.67.